The summed E-state index contributed by atoms with van der Waals surface area (Å²) in [6.07, 6.45) is 2.63. The monoisotopic (exact) mass is 486 g/mol. The predicted octanol–water partition coefficient (Wildman–Crippen LogP) is 4.33. The van der Waals surface area contributed by atoms with Gasteiger partial charge in [0.1, 0.15) is 0 Å². The third-order valence-corrected chi connectivity index (χ3v) is 5.45. The Morgan fingerprint density at radius 2 is 1.89 bits per heavy atom. The van der Waals surface area contributed by atoms with E-state index in [9.17, 15) is 0 Å². The second-order valence-corrected chi connectivity index (χ2v) is 8.25. The van der Waals surface area contributed by atoms with Crippen LogP contribution >= 0.6 is 24.0 Å². The third-order valence-electron chi connectivity index (χ3n) is 5.45. The lowest BCUT2D eigenvalue weighted by atomic mass is 9.94. The lowest BCUT2D eigenvalue weighted by Gasteiger charge is -2.34. The standard InChI is InChI=1S/C22H38N4.HI/c1-17(2)15-26-13-9-10-20(16-26)14-24-22(23-5)25-19(4)18(3)21-11-7-6-8-12-21;/h6-8,11-12,17-20H,9-10,13-16H2,1-5H3,(H2,23,24,25);1H. The van der Waals surface area contributed by atoms with E-state index in [4.69, 9.17) is 0 Å². The third kappa shape index (κ3) is 8.38. The minimum atomic E-state index is 0. The zero-order valence-corrected chi connectivity index (χ0v) is 20.1. The molecule has 3 unspecified atom stereocenters. The molecule has 0 aromatic heterocycles. The van der Waals surface area contributed by atoms with Crippen molar-refractivity contribution in [2.24, 2.45) is 16.8 Å². The molecule has 1 heterocycles. The molecule has 1 saturated heterocycles. The molecule has 3 atom stereocenters. The van der Waals surface area contributed by atoms with Crippen molar-refractivity contribution in [3.8, 4) is 0 Å². The summed E-state index contributed by atoms with van der Waals surface area (Å²) in [6, 6.07) is 11.0. The van der Waals surface area contributed by atoms with E-state index < -0.39 is 0 Å². The van der Waals surface area contributed by atoms with E-state index in [0.29, 0.717) is 17.9 Å². The number of hydrogen-bond donors (Lipinski definition) is 2. The molecule has 1 aliphatic heterocycles. The molecular formula is C22H39IN4. The van der Waals surface area contributed by atoms with E-state index in [0.717, 1.165) is 18.4 Å². The minimum Gasteiger partial charge on any atom is -0.356 e. The fraction of sp³-hybridized carbons (Fsp3) is 0.682. The quantitative estimate of drug-likeness (QED) is 0.343. The van der Waals surface area contributed by atoms with Gasteiger partial charge in [-0.3, -0.25) is 4.99 Å². The molecule has 154 valence electrons. The maximum Gasteiger partial charge on any atom is 0.191 e. The summed E-state index contributed by atoms with van der Waals surface area (Å²) in [5.41, 5.74) is 1.36. The first-order valence-electron chi connectivity index (χ1n) is 10.2. The molecule has 1 aliphatic rings. The lowest BCUT2D eigenvalue weighted by molar-refractivity contribution is 0.159. The molecule has 27 heavy (non-hydrogen) atoms. The molecule has 0 saturated carbocycles. The maximum atomic E-state index is 4.44. The molecule has 2 rings (SSSR count). The SMILES string of the molecule is CN=C(NCC1CCCN(CC(C)C)C1)NC(C)C(C)c1ccccc1.I. The Morgan fingerprint density at radius 3 is 2.52 bits per heavy atom. The van der Waals surface area contributed by atoms with Gasteiger partial charge < -0.3 is 15.5 Å². The van der Waals surface area contributed by atoms with Crippen LogP contribution in [0.2, 0.25) is 0 Å². The molecule has 5 heteroatoms. The molecule has 0 amide bonds. The number of piperidine rings is 1. The molecule has 2 N–H and O–H groups in total. The maximum absolute atomic E-state index is 4.44. The van der Waals surface area contributed by atoms with Gasteiger partial charge in [-0.05, 0) is 43.7 Å². The Morgan fingerprint density at radius 1 is 1.19 bits per heavy atom. The van der Waals surface area contributed by atoms with Crippen molar-refractivity contribution in [3.05, 3.63) is 35.9 Å². The summed E-state index contributed by atoms with van der Waals surface area (Å²) < 4.78 is 0. The molecule has 1 aromatic carbocycles. The van der Waals surface area contributed by atoms with Crippen molar-refractivity contribution in [1.82, 2.24) is 15.5 Å². The van der Waals surface area contributed by atoms with Crippen molar-refractivity contribution in [1.29, 1.82) is 0 Å². The van der Waals surface area contributed by atoms with Crippen molar-refractivity contribution in [2.45, 2.75) is 52.5 Å². The number of benzene rings is 1. The van der Waals surface area contributed by atoms with Gasteiger partial charge in [0.15, 0.2) is 5.96 Å². The van der Waals surface area contributed by atoms with E-state index in [2.05, 4.69) is 78.6 Å². The number of halogens is 1. The van der Waals surface area contributed by atoms with Crippen molar-refractivity contribution in [3.63, 3.8) is 0 Å². The van der Waals surface area contributed by atoms with Gasteiger partial charge in [-0.25, -0.2) is 0 Å². The number of likely N-dealkylation sites (tertiary alicyclic amines) is 1. The Hall–Kier alpha value is -0.820. The Kier molecular flexibility index (Phi) is 11.3. The van der Waals surface area contributed by atoms with Gasteiger partial charge in [0, 0.05) is 38.6 Å². The van der Waals surface area contributed by atoms with Gasteiger partial charge in [0.25, 0.3) is 0 Å². The second kappa shape index (κ2) is 12.6. The summed E-state index contributed by atoms with van der Waals surface area (Å²) in [5, 5.41) is 7.14. The van der Waals surface area contributed by atoms with Crippen LogP contribution in [-0.2, 0) is 0 Å². The normalized spacial score (nSPS) is 20.7. The highest BCUT2D eigenvalue weighted by atomic mass is 127. The van der Waals surface area contributed by atoms with Gasteiger partial charge in [0.05, 0.1) is 0 Å². The lowest BCUT2D eigenvalue weighted by Crippen LogP contribution is -2.48. The fourth-order valence-corrected chi connectivity index (χ4v) is 3.82. The fourth-order valence-electron chi connectivity index (χ4n) is 3.82. The number of rotatable bonds is 7. The minimum absolute atomic E-state index is 0. The van der Waals surface area contributed by atoms with Gasteiger partial charge in [0.2, 0.25) is 0 Å². The molecule has 0 bridgehead atoms. The van der Waals surface area contributed by atoms with Crippen LogP contribution in [0.25, 0.3) is 0 Å². The van der Waals surface area contributed by atoms with Gasteiger partial charge >= 0.3 is 0 Å². The molecule has 0 spiro atoms. The smallest absolute Gasteiger partial charge is 0.191 e. The zero-order valence-electron chi connectivity index (χ0n) is 17.7. The van der Waals surface area contributed by atoms with Gasteiger partial charge in [-0.2, -0.15) is 0 Å². The van der Waals surface area contributed by atoms with E-state index in [-0.39, 0.29) is 24.0 Å². The molecule has 0 radical (unpaired) electrons. The Bertz CT molecular complexity index is 547. The van der Waals surface area contributed by atoms with Crippen molar-refractivity contribution >= 4 is 29.9 Å². The van der Waals surface area contributed by atoms with Crippen LogP contribution in [0.4, 0.5) is 0 Å². The second-order valence-electron chi connectivity index (χ2n) is 8.25. The number of hydrogen-bond acceptors (Lipinski definition) is 2. The molecular weight excluding hydrogens is 447 g/mol. The van der Waals surface area contributed by atoms with Gasteiger partial charge in [-0.15, -0.1) is 24.0 Å². The number of nitrogens with zero attached hydrogens (tertiary/aromatic N) is 2. The number of nitrogens with one attached hydrogen (secondary N) is 2. The van der Waals surface area contributed by atoms with Crippen molar-refractivity contribution in [2.75, 3.05) is 33.2 Å². The van der Waals surface area contributed by atoms with E-state index in [1.165, 1.54) is 38.0 Å². The van der Waals surface area contributed by atoms with Crippen LogP contribution in [0.5, 0.6) is 0 Å². The predicted molar refractivity (Wildman–Crippen MR) is 128 cm³/mol. The average molecular weight is 486 g/mol. The van der Waals surface area contributed by atoms with E-state index in [1.807, 2.05) is 7.05 Å². The zero-order chi connectivity index (χ0) is 18.9. The molecule has 1 aromatic rings. The summed E-state index contributed by atoms with van der Waals surface area (Å²) in [6.45, 7) is 13.8. The van der Waals surface area contributed by atoms with Crippen LogP contribution < -0.4 is 10.6 Å². The van der Waals surface area contributed by atoms with Gasteiger partial charge in [-0.1, -0.05) is 51.1 Å². The summed E-state index contributed by atoms with van der Waals surface area (Å²) in [7, 11) is 1.86. The number of guanidine groups is 1. The number of aliphatic imine (C=N–C) groups is 1. The first-order valence-corrected chi connectivity index (χ1v) is 10.2. The highest BCUT2D eigenvalue weighted by Crippen LogP contribution is 2.19. The largest absolute Gasteiger partial charge is 0.356 e. The molecule has 1 fully saturated rings. The highest BCUT2D eigenvalue weighted by Gasteiger charge is 2.21. The van der Waals surface area contributed by atoms with E-state index >= 15 is 0 Å². The summed E-state index contributed by atoms with van der Waals surface area (Å²) in [5.74, 6) is 2.81. The van der Waals surface area contributed by atoms with Crippen LogP contribution in [0.3, 0.4) is 0 Å². The van der Waals surface area contributed by atoms with Crippen LogP contribution in [0.15, 0.2) is 35.3 Å². The van der Waals surface area contributed by atoms with Crippen molar-refractivity contribution < 1.29 is 0 Å². The van der Waals surface area contributed by atoms with E-state index in [1.54, 1.807) is 0 Å². The molecule has 4 nitrogen and oxygen atoms in total. The Labute approximate surface area is 183 Å². The average Bonchev–Trinajstić information content (AvgIpc) is 2.64. The van der Waals surface area contributed by atoms with Crippen LogP contribution in [0, 0.1) is 11.8 Å². The topological polar surface area (TPSA) is 39.7 Å². The summed E-state index contributed by atoms with van der Waals surface area (Å²) in [4.78, 5) is 7.06. The Balaban J connectivity index is 0.00000364. The highest BCUT2D eigenvalue weighted by molar-refractivity contribution is 14.0. The first kappa shape index (κ1) is 24.2. The summed E-state index contributed by atoms with van der Waals surface area (Å²) >= 11 is 0. The molecule has 0 aliphatic carbocycles. The van der Waals surface area contributed by atoms with Crippen LogP contribution in [-0.4, -0.2) is 50.1 Å². The van der Waals surface area contributed by atoms with Crippen LogP contribution in [0.1, 0.15) is 52.0 Å². The first-order chi connectivity index (χ1) is 12.5.